The van der Waals surface area contributed by atoms with Crippen molar-refractivity contribution in [3.63, 3.8) is 0 Å². The van der Waals surface area contributed by atoms with Crippen LogP contribution in [0, 0.1) is 5.92 Å². The molecule has 2 aromatic rings. The quantitative estimate of drug-likeness (QED) is 0.872. The van der Waals surface area contributed by atoms with Gasteiger partial charge in [-0.3, -0.25) is 0 Å². The van der Waals surface area contributed by atoms with E-state index >= 15 is 0 Å². The molecule has 0 radical (unpaired) electrons. The Kier molecular flexibility index (Phi) is 3.33. The minimum Gasteiger partial charge on any atom is -0.478 e. The highest BCUT2D eigenvalue weighted by atomic mass is 16.4. The van der Waals surface area contributed by atoms with Crippen molar-refractivity contribution in [3.8, 4) is 11.3 Å². The Balaban J connectivity index is 1.94. The molecule has 1 aliphatic rings. The van der Waals surface area contributed by atoms with Gasteiger partial charge in [0.05, 0.1) is 5.69 Å². The number of nitrogens with one attached hydrogen (secondary N) is 1. The van der Waals surface area contributed by atoms with E-state index in [9.17, 15) is 9.90 Å². The van der Waals surface area contributed by atoms with Crippen LogP contribution >= 0.6 is 0 Å². The molecule has 1 aromatic carbocycles. The molecule has 102 valence electrons. The Morgan fingerprint density at radius 3 is 2.70 bits per heavy atom. The molecule has 5 nitrogen and oxygen atoms in total. The van der Waals surface area contributed by atoms with Gasteiger partial charge in [0.2, 0.25) is 5.95 Å². The highest BCUT2D eigenvalue weighted by Crippen LogP contribution is 2.29. The van der Waals surface area contributed by atoms with Gasteiger partial charge in [-0.05, 0) is 18.8 Å². The van der Waals surface area contributed by atoms with Crippen LogP contribution < -0.4 is 5.32 Å². The lowest BCUT2D eigenvalue weighted by molar-refractivity contribution is 0.0697. The maximum absolute atomic E-state index is 11.3. The third-order valence-electron chi connectivity index (χ3n) is 3.31. The molecular formula is C15H15N3O2. The first-order chi connectivity index (χ1) is 9.74. The molecule has 1 heterocycles. The van der Waals surface area contributed by atoms with Gasteiger partial charge in [-0.2, -0.15) is 0 Å². The Morgan fingerprint density at radius 1 is 1.30 bits per heavy atom. The molecule has 0 bridgehead atoms. The third kappa shape index (κ3) is 2.77. The normalized spacial score (nSPS) is 14.0. The van der Waals surface area contributed by atoms with Crippen LogP contribution in [0.1, 0.15) is 23.2 Å². The van der Waals surface area contributed by atoms with Crippen molar-refractivity contribution in [1.29, 1.82) is 0 Å². The number of nitrogens with zero attached hydrogens (tertiary/aromatic N) is 2. The average molecular weight is 269 g/mol. The standard InChI is InChI=1S/C15H15N3O2/c19-14(20)12-9-17-15(16-8-10-6-7-10)18-13(12)11-4-2-1-3-5-11/h1-5,9-10H,6-8H2,(H,19,20)(H,16,17,18). The molecule has 0 aliphatic heterocycles. The van der Waals surface area contributed by atoms with Crippen LogP contribution in [0.2, 0.25) is 0 Å². The summed E-state index contributed by atoms with van der Waals surface area (Å²) in [5.74, 6) is 0.177. The molecule has 2 N–H and O–H groups in total. The second-order valence-corrected chi connectivity index (χ2v) is 4.95. The summed E-state index contributed by atoms with van der Waals surface area (Å²) < 4.78 is 0. The molecule has 1 saturated carbocycles. The van der Waals surface area contributed by atoms with Crippen molar-refractivity contribution < 1.29 is 9.90 Å². The molecule has 0 atom stereocenters. The zero-order chi connectivity index (χ0) is 13.9. The van der Waals surface area contributed by atoms with E-state index in [2.05, 4.69) is 15.3 Å². The first-order valence-electron chi connectivity index (χ1n) is 6.63. The van der Waals surface area contributed by atoms with E-state index in [1.165, 1.54) is 19.0 Å². The number of anilines is 1. The van der Waals surface area contributed by atoms with E-state index in [0.717, 1.165) is 12.1 Å². The molecule has 1 fully saturated rings. The van der Waals surface area contributed by atoms with Gasteiger partial charge in [0, 0.05) is 18.3 Å². The van der Waals surface area contributed by atoms with E-state index < -0.39 is 5.97 Å². The smallest absolute Gasteiger partial charge is 0.339 e. The van der Waals surface area contributed by atoms with E-state index in [-0.39, 0.29) is 5.56 Å². The minimum atomic E-state index is -1.02. The second kappa shape index (κ2) is 5.28. The predicted molar refractivity (Wildman–Crippen MR) is 75.6 cm³/mol. The number of hydrogen-bond donors (Lipinski definition) is 2. The van der Waals surface area contributed by atoms with Crippen molar-refractivity contribution in [2.75, 3.05) is 11.9 Å². The van der Waals surface area contributed by atoms with E-state index in [1.807, 2.05) is 30.3 Å². The predicted octanol–water partition coefficient (Wildman–Crippen LogP) is 2.66. The van der Waals surface area contributed by atoms with Gasteiger partial charge in [-0.25, -0.2) is 14.8 Å². The molecule has 0 amide bonds. The Bertz CT molecular complexity index is 624. The van der Waals surface area contributed by atoms with Gasteiger partial charge in [0.25, 0.3) is 0 Å². The Hall–Kier alpha value is -2.43. The lowest BCUT2D eigenvalue weighted by Crippen LogP contribution is -2.10. The molecule has 1 aromatic heterocycles. The zero-order valence-electron chi connectivity index (χ0n) is 10.9. The summed E-state index contributed by atoms with van der Waals surface area (Å²) in [5.41, 5.74) is 1.35. The maximum atomic E-state index is 11.3. The fourth-order valence-electron chi connectivity index (χ4n) is 2.00. The van der Waals surface area contributed by atoms with Crippen LogP contribution in [0.15, 0.2) is 36.5 Å². The van der Waals surface area contributed by atoms with Gasteiger partial charge < -0.3 is 10.4 Å². The molecule has 0 unspecified atom stereocenters. The number of carboxylic acids is 1. The highest BCUT2D eigenvalue weighted by molar-refractivity contribution is 5.94. The number of hydrogen-bond acceptors (Lipinski definition) is 4. The second-order valence-electron chi connectivity index (χ2n) is 4.95. The van der Waals surface area contributed by atoms with E-state index in [4.69, 9.17) is 0 Å². The fraction of sp³-hybridized carbons (Fsp3) is 0.267. The van der Waals surface area contributed by atoms with E-state index in [1.54, 1.807) is 0 Å². The van der Waals surface area contributed by atoms with Gasteiger partial charge in [-0.1, -0.05) is 30.3 Å². The Morgan fingerprint density at radius 2 is 2.05 bits per heavy atom. The first-order valence-corrected chi connectivity index (χ1v) is 6.63. The molecular weight excluding hydrogens is 254 g/mol. The van der Waals surface area contributed by atoms with Crippen LogP contribution in [-0.4, -0.2) is 27.6 Å². The van der Waals surface area contributed by atoms with Gasteiger partial charge in [-0.15, -0.1) is 0 Å². The van der Waals surface area contributed by atoms with Gasteiger partial charge in [0.15, 0.2) is 0 Å². The number of rotatable bonds is 5. The topological polar surface area (TPSA) is 75.1 Å². The third-order valence-corrected chi connectivity index (χ3v) is 3.31. The highest BCUT2D eigenvalue weighted by Gasteiger charge is 2.21. The van der Waals surface area contributed by atoms with Crippen LogP contribution in [0.5, 0.6) is 0 Å². The molecule has 0 spiro atoms. The molecule has 0 saturated heterocycles. The summed E-state index contributed by atoms with van der Waals surface area (Å²) in [6.07, 6.45) is 3.85. The number of aromatic nitrogens is 2. The van der Waals surface area contributed by atoms with Crippen LogP contribution in [0.25, 0.3) is 11.3 Å². The number of carbonyl (C=O) groups is 1. The molecule has 3 rings (SSSR count). The number of aromatic carboxylic acids is 1. The minimum absolute atomic E-state index is 0.119. The first kappa shape index (κ1) is 12.6. The summed E-state index contributed by atoms with van der Waals surface area (Å²) in [4.78, 5) is 19.7. The van der Waals surface area contributed by atoms with E-state index in [0.29, 0.717) is 17.6 Å². The lowest BCUT2D eigenvalue weighted by atomic mass is 10.1. The van der Waals surface area contributed by atoms with Crippen molar-refractivity contribution in [3.05, 3.63) is 42.1 Å². The van der Waals surface area contributed by atoms with Crippen LogP contribution in [0.3, 0.4) is 0 Å². The van der Waals surface area contributed by atoms with Crippen LogP contribution in [0.4, 0.5) is 5.95 Å². The van der Waals surface area contributed by atoms with Crippen molar-refractivity contribution in [1.82, 2.24) is 9.97 Å². The summed E-state index contributed by atoms with van der Waals surface area (Å²) >= 11 is 0. The van der Waals surface area contributed by atoms with Gasteiger partial charge >= 0.3 is 5.97 Å². The summed E-state index contributed by atoms with van der Waals surface area (Å²) in [6, 6.07) is 9.30. The summed E-state index contributed by atoms with van der Waals surface area (Å²) in [5, 5.41) is 12.4. The Labute approximate surface area is 116 Å². The largest absolute Gasteiger partial charge is 0.478 e. The number of benzene rings is 1. The maximum Gasteiger partial charge on any atom is 0.339 e. The molecule has 20 heavy (non-hydrogen) atoms. The average Bonchev–Trinajstić information content (AvgIpc) is 3.30. The van der Waals surface area contributed by atoms with Crippen molar-refractivity contribution in [2.24, 2.45) is 5.92 Å². The molecule has 5 heteroatoms. The van der Waals surface area contributed by atoms with Crippen molar-refractivity contribution >= 4 is 11.9 Å². The monoisotopic (exact) mass is 269 g/mol. The SMILES string of the molecule is O=C(O)c1cnc(NCC2CC2)nc1-c1ccccc1. The molecule has 1 aliphatic carbocycles. The lowest BCUT2D eigenvalue weighted by Gasteiger charge is -2.08. The summed E-state index contributed by atoms with van der Waals surface area (Å²) in [6.45, 7) is 0.848. The summed E-state index contributed by atoms with van der Waals surface area (Å²) in [7, 11) is 0. The fourth-order valence-corrected chi connectivity index (χ4v) is 2.00. The number of carboxylic acid groups (broad SMARTS) is 1. The van der Waals surface area contributed by atoms with Crippen molar-refractivity contribution in [2.45, 2.75) is 12.8 Å². The van der Waals surface area contributed by atoms with Crippen LogP contribution in [-0.2, 0) is 0 Å². The van der Waals surface area contributed by atoms with Gasteiger partial charge in [0.1, 0.15) is 5.56 Å². The zero-order valence-corrected chi connectivity index (χ0v) is 10.9.